The van der Waals surface area contributed by atoms with Crippen LogP contribution in [0.15, 0.2) is 0 Å². The van der Waals surface area contributed by atoms with Crippen LogP contribution in [0.1, 0.15) is 72.1 Å². The molecule has 0 aromatic heterocycles. The first kappa shape index (κ1) is 15.2. The van der Waals surface area contributed by atoms with Gasteiger partial charge in [-0.2, -0.15) is 0 Å². The van der Waals surface area contributed by atoms with Crippen LogP contribution < -0.4 is 0 Å². The van der Waals surface area contributed by atoms with Crippen molar-refractivity contribution in [2.24, 2.45) is 40.4 Å². The normalized spacial score (nSPS) is 57.9. The Hall–Kier alpha value is -0.370. The standard InChI is InChI=1S/C20H32O2/c1-12-10-14-15-4-5-18(22)20(15,3)9-7-16(14)19(2)8-6-13(21)11-17(12)19/h12,14-18,22H,4-11H2,1-3H3/t12-,14+,15+,16+,17?,18+,19-,20+/m1/s1. The van der Waals surface area contributed by atoms with Gasteiger partial charge in [0.1, 0.15) is 5.78 Å². The number of ketones is 1. The van der Waals surface area contributed by atoms with Gasteiger partial charge in [0.15, 0.2) is 0 Å². The highest BCUT2D eigenvalue weighted by Crippen LogP contribution is 2.66. The van der Waals surface area contributed by atoms with E-state index in [-0.39, 0.29) is 11.5 Å². The molecule has 0 aliphatic heterocycles. The molecular formula is C20H32O2. The molecule has 4 rings (SSSR count). The van der Waals surface area contributed by atoms with Crippen molar-refractivity contribution < 1.29 is 9.90 Å². The van der Waals surface area contributed by atoms with Gasteiger partial charge in [0.05, 0.1) is 6.10 Å². The van der Waals surface area contributed by atoms with E-state index in [0.29, 0.717) is 23.0 Å². The summed E-state index contributed by atoms with van der Waals surface area (Å²) in [7, 11) is 0. The fourth-order valence-electron chi connectivity index (χ4n) is 7.49. The molecule has 2 nitrogen and oxygen atoms in total. The molecule has 0 aromatic carbocycles. The smallest absolute Gasteiger partial charge is 0.133 e. The maximum atomic E-state index is 12.0. The van der Waals surface area contributed by atoms with Crippen molar-refractivity contribution in [3.05, 3.63) is 0 Å². The number of aliphatic hydroxyl groups is 1. The van der Waals surface area contributed by atoms with Crippen molar-refractivity contribution in [2.75, 3.05) is 0 Å². The fraction of sp³-hybridized carbons (Fsp3) is 0.950. The van der Waals surface area contributed by atoms with Gasteiger partial charge in [-0.3, -0.25) is 4.79 Å². The highest BCUT2D eigenvalue weighted by atomic mass is 16.3. The summed E-state index contributed by atoms with van der Waals surface area (Å²) in [5.41, 5.74) is 0.555. The first-order valence-corrected chi connectivity index (χ1v) is 9.56. The van der Waals surface area contributed by atoms with Crippen LogP contribution in [0.3, 0.4) is 0 Å². The van der Waals surface area contributed by atoms with Crippen molar-refractivity contribution >= 4 is 5.78 Å². The van der Waals surface area contributed by atoms with Gasteiger partial charge in [0.25, 0.3) is 0 Å². The van der Waals surface area contributed by atoms with Crippen LogP contribution in [0.25, 0.3) is 0 Å². The molecule has 0 spiro atoms. The number of hydrogen-bond donors (Lipinski definition) is 1. The highest BCUT2D eigenvalue weighted by molar-refractivity contribution is 5.79. The van der Waals surface area contributed by atoms with Gasteiger partial charge in [-0.25, -0.2) is 0 Å². The number of hydrogen-bond acceptors (Lipinski definition) is 2. The Bertz CT molecular complexity index is 486. The number of fused-ring (bicyclic) bond motifs is 5. The maximum absolute atomic E-state index is 12.0. The zero-order valence-electron chi connectivity index (χ0n) is 14.5. The SMILES string of the molecule is C[C@@H]1C[C@H]2[C@@H]3CC[C@H](O)[C@@]3(C)CC[C@@H]2[C@@]2(C)CCC(=O)CC12. The van der Waals surface area contributed by atoms with Crippen molar-refractivity contribution in [2.45, 2.75) is 78.2 Å². The van der Waals surface area contributed by atoms with E-state index in [2.05, 4.69) is 20.8 Å². The van der Waals surface area contributed by atoms with Crippen molar-refractivity contribution in [1.82, 2.24) is 0 Å². The van der Waals surface area contributed by atoms with Crippen LogP contribution in [-0.4, -0.2) is 17.0 Å². The van der Waals surface area contributed by atoms with E-state index in [0.717, 1.165) is 43.4 Å². The third-order valence-corrected chi connectivity index (χ3v) is 8.80. The van der Waals surface area contributed by atoms with Crippen LogP contribution in [-0.2, 0) is 4.79 Å². The average molecular weight is 304 g/mol. The number of aliphatic hydroxyl groups excluding tert-OH is 1. The summed E-state index contributed by atoms with van der Waals surface area (Å²) >= 11 is 0. The summed E-state index contributed by atoms with van der Waals surface area (Å²) in [6.07, 6.45) is 8.71. The second kappa shape index (κ2) is 4.82. The van der Waals surface area contributed by atoms with E-state index in [1.165, 1.54) is 25.7 Å². The quantitative estimate of drug-likeness (QED) is 0.728. The van der Waals surface area contributed by atoms with E-state index in [1.54, 1.807) is 0 Å². The Balaban J connectivity index is 1.68. The van der Waals surface area contributed by atoms with Crippen LogP contribution in [0.4, 0.5) is 0 Å². The van der Waals surface area contributed by atoms with Crippen molar-refractivity contribution in [3.8, 4) is 0 Å². The van der Waals surface area contributed by atoms with E-state index in [4.69, 9.17) is 0 Å². The second-order valence-corrected chi connectivity index (χ2v) is 9.58. The second-order valence-electron chi connectivity index (χ2n) is 9.58. The molecule has 0 heterocycles. The van der Waals surface area contributed by atoms with E-state index in [9.17, 15) is 9.90 Å². The zero-order chi connectivity index (χ0) is 15.7. The Kier molecular flexibility index (Phi) is 3.32. The molecular weight excluding hydrogens is 272 g/mol. The molecule has 0 amide bonds. The molecule has 0 aromatic rings. The minimum absolute atomic E-state index is 0.0766. The number of carbonyl (C=O) groups excluding carboxylic acids is 1. The predicted molar refractivity (Wildman–Crippen MR) is 87.3 cm³/mol. The van der Waals surface area contributed by atoms with Crippen LogP contribution in [0.5, 0.6) is 0 Å². The third-order valence-electron chi connectivity index (χ3n) is 8.80. The van der Waals surface area contributed by atoms with E-state index < -0.39 is 0 Å². The van der Waals surface area contributed by atoms with Crippen LogP contribution in [0.2, 0.25) is 0 Å². The lowest BCUT2D eigenvalue weighted by Crippen LogP contribution is -2.56. The van der Waals surface area contributed by atoms with E-state index in [1.807, 2.05) is 0 Å². The van der Waals surface area contributed by atoms with Crippen molar-refractivity contribution in [1.29, 1.82) is 0 Å². The Morgan fingerprint density at radius 2 is 1.73 bits per heavy atom. The molecule has 4 aliphatic carbocycles. The van der Waals surface area contributed by atoms with Gasteiger partial charge >= 0.3 is 0 Å². The summed E-state index contributed by atoms with van der Waals surface area (Å²) < 4.78 is 0. The van der Waals surface area contributed by atoms with Gasteiger partial charge < -0.3 is 5.11 Å². The Labute approximate surface area is 135 Å². The van der Waals surface area contributed by atoms with Crippen LogP contribution in [0, 0.1) is 40.4 Å². The summed E-state index contributed by atoms with van der Waals surface area (Å²) in [4.78, 5) is 12.0. The lowest BCUT2D eigenvalue weighted by Gasteiger charge is -2.61. The highest BCUT2D eigenvalue weighted by Gasteiger charge is 2.61. The molecule has 4 saturated carbocycles. The first-order valence-electron chi connectivity index (χ1n) is 9.56. The summed E-state index contributed by atoms with van der Waals surface area (Å²) in [6, 6.07) is 0. The minimum atomic E-state index is -0.0766. The van der Waals surface area contributed by atoms with Gasteiger partial charge in [-0.1, -0.05) is 20.8 Å². The molecule has 1 unspecified atom stereocenters. The molecule has 124 valence electrons. The third kappa shape index (κ3) is 1.85. The Morgan fingerprint density at radius 1 is 1.00 bits per heavy atom. The summed E-state index contributed by atoms with van der Waals surface area (Å²) in [5.74, 6) is 4.11. The maximum Gasteiger partial charge on any atom is 0.133 e. The van der Waals surface area contributed by atoms with Gasteiger partial charge in [0, 0.05) is 12.8 Å². The van der Waals surface area contributed by atoms with Crippen LogP contribution >= 0.6 is 0 Å². The first-order chi connectivity index (χ1) is 10.4. The number of rotatable bonds is 0. The predicted octanol–water partition coefficient (Wildman–Crippen LogP) is 4.21. The number of Topliss-reactive ketones (excluding diaryl/α,β-unsaturated/α-hetero) is 1. The Morgan fingerprint density at radius 3 is 2.50 bits per heavy atom. The van der Waals surface area contributed by atoms with E-state index >= 15 is 0 Å². The number of carbonyl (C=O) groups is 1. The molecule has 22 heavy (non-hydrogen) atoms. The molecule has 0 bridgehead atoms. The molecule has 4 aliphatic rings. The average Bonchev–Trinajstić information content (AvgIpc) is 2.77. The largest absolute Gasteiger partial charge is 0.393 e. The summed E-state index contributed by atoms with van der Waals surface area (Å²) in [5, 5.41) is 10.5. The lowest BCUT2D eigenvalue weighted by molar-refractivity contribution is -0.152. The molecule has 0 saturated heterocycles. The minimum Gasteiger partial charge on any atom is -0.393 e. The van der Waals surface area contributed by atoms with Gasteiger partial charge in [-0.05, 0) is 78.9 Å². The molecule has 0 radical (unpaired) electrons. The monoisotopic (exact) mass is 304 g/mol. The lowest BCUT2D eigenvalue weighted by atomic mass is 9.43. The molecule has 8 atom stereocenters. The molecule has 4 fully saturated rings. The molecule has 2 heteroatoms. The fourth-order valence-corrected chi connectivity index (χ4v) is 7.49. The molecule has 1 N–H and O–H groups in total. The topological polar surface area (TPSA) is 37.3 Å². The zero-order valence-corrected chi connectivity index (χ0v) is 14.5. The van der Waals surface area contributed by atoms with Gasteiger partial charge in [0.2, 0.25) is 0 Å². The van der Waals surface area contributed by atoms with Crippen molar-refractivity contribution in [3.63, 3.8) is 0 Å². The van der Waals surface area contributed by atoms with Gasteiger partial charge in [-0.15, -0.1) is 0 Å². The summed E-state index contributed by atoms with van der Waals surface area (Å²) in [6.45, 7) is 7.26.